The van der Waals surface area contributed by atoms with Crippen LogP contribution in [-0.4, -0.2) is 97.6 Å². The molecule has 0 fully saturated rings. The SMILES string of the molecule is CCN(CC)CCNC(=O)c1cc(N=NC(C(C)=O)C(=O)Nc2ccc3c(c2)NC(=O)C3)cc(C(=O)NCCN(CC)CC)c1. The molecule has 1 heterocycles. The quantitative estimate of drug-likeness (QED) is 0.156. The van der Waals surface area contributed by atoms with Crippen LogP contribution >= 0.6 is 0 Å². The van der Waals surface area contributed by atoms with Gasteiger partial charge in [-0.1, -0.05) is 33.8 Å². The summed E-state index contributed by atoms with van der Waals surface area (Å²) >= 11 is 0. The molecule has 13 heteroatoms. The number of carbonyl (C=O) groups excluding carboxylic acids is 5. The van der Waals surface area contributed by atoms with Crippen molar-refractivity contribution < 1.29 is 24.0 Å². The Kier molecular flexibility index (Phi) is 13.3. The van der Waals surface area contributed by atoms with Gasteiger partial charge >= 0.3 is 0 Å². The van der Waals surface area contributed by atoms with E-state index in [1.165, 1.54) is 25.1 Å². The Morgan fingerprint density at radius 3 is 1.91 bits per heavy atom. The van der Waals surface area contributed by atoms with Gasteiger partial charge in [-0.25, -0.2) is 0 Å². The summed E-state index contributed by atoms with van der Waals surface area (Å²) in [6, 6.07) is 7.90. The molecule has 2 aromatic rings. The van der Waals surface area contributed by atoms with Crippen LogP contribution in [0, 0.1) is 0 Å². The first kappa shape index (κ1) is 35.0. The molecular formula is C32H44N8O5. The number of benzene rings is 2. The van der Waals surface area contributed by atoms with Gasteiger partial charge in [0.2, 0.25) is 11.9 Å². The third kappa shape index (κ3) is 10.3. The first-order chi connectivity index (χ1) is 21.6. The highest BCUT2D eigenvalue weighted by Crippen LogP contribution is 2.26. The van der Waals surface area contributed by atoms with Gasteiger partial charge in [-0.05, 0) is 69.0 Å². The highest BCUT2D eigenvalue weighted by atomic mass is 16.2. The molecule has 4 amide bonds. The van der Waals surface area contributed by atoms with Gasteiger partial charge < -0.3 is 31.1 Å². The summed E-state index contributed by atoms with van der Waals surface area (Å²) in [6.07, 6.45) is 0.261. The number of nitrogens with one attached hydrogen (secondary N) is 4. The van der Waals surface area contributed by atoms with Crippen molar-refractivity contribution in [1.29, 1.82) is 0 Å². The molecule has 45 heavy (non-hydrogen) atoms. The van der Waals surface area contributed by atoms with Crippen molar-refractivity contribution in [3.63, 3.8) is 0 Å². The molecule has 1 aliphatic rings. The minimum atomic E-state index is -1.48. The average molecular weight is 621 g/mol. The molecule has 0 bridgehead atoms. The lowest BCUT2D eigenvalue weighted by molar-refractivity contribution is -0.126. The number of nitrogens with zero attached hydrogens (tertiary/aromatic N) is 4. The average Bonchev–Trinajstić information content (AvgIpc) is 3.40. The summed E-state index contributed by atoms with van der Waals surface area (Å²) in [6.45, 7) is 15.0. The predicted octanol–water partition coefficient (Wildman–Crippen LogP) is 3.00. The standard InChI is InChI=1S/C32H44N8O5/c1-6-39(7-2)14-12-33-30(43)23-16-24(31(44)34-13-15-40(8-3)9-4)18-26(17-23)37-38-29(21(5)41)32(45)35-25-11-10-22-19-28(42)36-27(22)20-25/h10-11,16-18,20,29H,6-9,12-15,19H2,1-5H3,(H,33,43)(H,34,44)(H,35,45)(H,36,42). The van der Waals surface area contributed by atoms with Gasteiger partial charge in [-0.3, -0.25) is 24.0 Å². The lowest BCUT2D eigenvalue weighted by Gasteiger charge is -2.18. The zero-order valence-corrected chi connectivity index (χ0v) is 26.7. The third-order valence-electron chi connectivity index (χ3n) is 7.58. The number of carbonyl (C=O) groups is 5. The van der Waals surface area contributed by atoms with Gasteiger partial charge in [-0.2, -0.15) is 10.2 Å². The van der Waals surface area contributed by atoms with Crippen LogP contribution in [0.4, 0.5) is 17.1 Å². The van der Waals surface area contributed by atoms with Crippen LogP contribution in [0.5, 0.6) is 0 Å². The zero-order valence-electron chi connectivity index (χ0n) is 26.7. The minimum Gasteiger partial charge on any atom is -0.351 e. The van der Waals surface area contributed by atoms with Gasteiger partial charge in [0.15, 0.2) is 5.78 Å². The van der Waals surface area contributed by atoms with E-state index in [1.807, 2.05) is 27.7 Å². The van der Waals surface area contributed by atoms with Gasteiger partial charge in [0.25, 0.3) is 17.7 Å². The highest BCUT2D eigenvalue weighted by molar-refractivity contribution is 6.10. The van der Waals surface area contributed by atoms with Crippen LogP contribution < -0.4 is 21.3 Å². The van der Waals surface area contributed by atoms with Gasteiger partial charge in [0.05, 0.1) is 12.1 Å². The minimum absolute atomic E-state index is 0.138. The van der Waals surface area contributed by atoms with E-state index in [9.17, 15) is 24.0 Å². The molecule has 0 aromatic heterocycles. The Morgan fingerprint density at radius 2 is 1.40 bits per heavy atom. The lowest BCUT2D eigenvalue weighted by atomic mass is 10.1. The molecular weight excluding hydrogens is 576 g/mol. The van der Waals surface area contributed by atoms with Crippen LogP contribution in [0.1, 0.15) is 60.9 Å². The van der Waals surface area contributed by atoms with Crippen molar-refractivity contribution in [2.45, 2.75) is 47.1 Å². The molecule has 4 N–H and O–H groups in total. The smallest absolute Gasteiger partial charge is 0.258 e. The van der Waals surface area contributed by atoms with E-state index in [-0.39, 0.29) is 41.0 Å². The summed E-state index contributed by atoms with van der Waals surface area (Å²) in [5.74, 6) is -2.18. The number of hydrogen-bond donors (Lipinski definition) is 4. The number of anilines is 2. The Labute approximate surface area is 264 Å². The van der Waals surface area contributed by atoms with E-state index in [0.717, 1.165) is 31.7 Å². The van der Waals surface area contributed by atoms with Crippen LogP contribution in [0.2, 0.25) is 0 Å². The van der Waals surface area contributed by atoms with Crippen molar-refractivity contribution in [3.05, 3.63) is 53.1 Å². The molecule has 242 valence electrons. The molecule has 0 saturated heterocycles. The molecule has 2 aromatic carbocycles. The molecule has 1 unspecified atom stereocenters. The van der Waals surface area contributed by atoms with E-state index < -0.39 is 17.7 Å². The predicted molar refractivity (Wildman–Crippen MR) is 173 cm³/mol. The molecule has 3 rings (SSSR count). The largest absolute Gasteiger partial charge is 0.351 e. The maximum Gasteiger partial charge on any atom is 0.258 e. The Balaban J connectivity index is 1.81. The van der Waals surface area contributed by atoms with Crippen LogP contribution in [0.15, 0.2) is 46.6 Å². The molecule has 1 aliphatic heterocycles. The van der Waals surface area contributed by atoms with Crippen LogP contribution in [-0.2, 0) is 20.8 Å². The topological polar surface area (TPSA) is 165 Å². The van der Waals surface area contributed by atoms with Crippen molar-refractivity contribution >= 4 is 46.5 Å². The second kappa shape index (κ2) is 17.1. The van der Waals surface area contributed by atoms with Crippen molar-refractivity contribution in [3.8, 4) is 0 Å². The van der Waals surface area contributed by atoms with Gasteiger partial charge in [0, 0.05) is 48.7 Å². The number of likely N-dealkylation sites (N-methyl/N-ethyl adjacent to an activating group) is 2. The molecule has 0 spiro atoms. The summed E-state index contributed by atoms with van der Waals surface area (Å²) in [7, 11) is 0. The van der Waals surface area contributed by atoms with Crippen molar-refractivity contribution in [2.75, 3.05) is 63.0 Å². The fraction of sp³-hybridized carbons (Fsp3) is 0.469. The van der Waals surface area contributed by atoms with E-state index >= 15 is 0 Å². The maximum absolute atomic E-state index is 13.1. The van der Waals surface area contributed by atoms with E-state index in [4.69, 9.17) is 0 Å². The second-order valence-electron chi connectivity index (χ2n) is 10.6. The van der Waals surface area contributed by atoms with Gasteiger partial charge in [-0.15, -0.1) is 0 Å². The van der Waals surface area contributed by atoms with Crippen LogP contribution in [0.25, 0.3) is 0 Å². The maximum atomic E-state index is 13.1. The van der Waals surface area contributed by atoms with E-state index in [2.05, 4.69) is 41.3 Å². The number of ketones is 1. The molecule has 1 atom stereocenters. The first-order valence-electron chi connectivity index (χ1n) is 15.4. The van der Waals surface area contributed by atoms with Crippen molar-refractivity contribution in [2.24, 2.45) is 10.2 Å². The Morgan fingerprint density at radius 1 is 0.844 bits per heavy atom. The summed E-state index contributed by atoms with van der Waals surface area (Å²) < 4.78 is 0. The number of Topliss-reactive ketones (excluding diaryl/α,β-unsaturated/α-hetero) is 1. The van der Waals surface area contributed by atoms with Crippen molar-refractivity contribution in [1.82, 2.24) is 20.4 Å². The van der Waals surface area contributed by atoms with E-state index in [0.29, 0.717) is 37.6 Å². The number of amides is 4. The molecule has 13 nitrogen and oxygen atoms in total. The zero-order chi connectivity index (χ0) is 32.9. The lowest BCUT2D eigenvalue weighted by Crippen LogP contribution is -2.35. The third-order valence-corrected chi connectivity index (χ3v) is 7.58. The number of azo groups is 1. The fourth-order valence-corrected chi connectivity index (χ4v) is 4.82. The Hall–Kier alpha value is -4.49. The molecule has 0 saturated carbocycles. The monoisotopic (exact) mass is 620 g/mol. The molecule has 0 aliphatic carbocycles. The number of fused-ring (bicyclic) bond motifs is 1. The van der Waals surface area contributed by atoms with E-state index in [1.54, 1.807) is 18.2 Å². The fourth-order valence-electron chi connectivity index (χ4n) is 4.82. The van der Waals surface area contributed by atoms with Crippen LogP contribution in [0.3, 0.4) is 0 Å². The Bertz CT molecular complexity index is 1370. The number of rotatable bonds is 17. The summed E-state index contributed by atoms with van der Waals surface area (Å²) in [5.41, 5.74) is 2.32. The highest BCUT2D eigenvalue weighted by Gasteiger charge is 2.25. The molecule has 0 radical (unpaired) electrons. The van der Waals surface area contributed by atoms with Gasteiger partial charge in [0.1, 0.15) is 0 Å². The first-order valence-corrected chi connectivity index (χ1v) is 15.4. The normalized spacial score (nSPS) is 13.1. The summed E-state index contributed by atoms with van der Waals surface area (Å²) in [5, 5.41) is 19.3. The number of hydrogen-bond acceptors (Lipinski definition) is 9. The summed E-state index contributed by atoms with van der Waals surface area (Å²) in [4.78, 5) is 67.6. The second-order valence-corrected chi connectivity index (χ2v) is 10.6.